The molecule has 13 heteroatoms. The number of rotatable bonds is 15. The third kappa shape index (κ3) is 9.88. The number of piperidine rings is 1. The van der Waals surface area contributed by atoms with Crippen LogP contribution in [0.4, 0.5) is 4.39 Å². The molecule has 0 bridgehead atoms. The Morgan fingerprint density at radius 2 is 1.65 bits per heavy atom. The molecular weight excluding hydrogens is 828 g/mol. The standard InChI is InChI=1S/C52H53FN4O8/c1-64-49-38(30-54-31-45(59)41-17-19-44(58)48-42(41)18-20-46(60)55-48)15-16-43(47(49)53)50(61)57-27-23-36(24-28-57)37-11-8-14-40(29-37)52(63,39-12-6-3-7-13-39)51(62)65-33-35-21-25-56(26-22-35)32-34-9-4-2-5-10-34/h2-20,23,29,35,45,54,58-59,63H,21-22,24-28,30-33H2,1H3,(H,55,60). The molecule has 0 spiro atoms. The van der Waals surface area contributed by atoms with Crippen molar-refractivity contribution in [1.29, 1.82) is 0 Å². The van der Waals surface area contributed by atoms with Crippen molar-refractivity contribution < 1.29 is 38.8 Å². The Bertz CT molecular complexity index is 2740. The number of aliphatic hydroxyl groups excluding tert-OH is 1. The molecule has 1 fully saturated rings. The zero-order valence-electron chi connectivity index (χ0n) is 36.2. The van der Waals surface area contributed by atoms with Crippen LogP contribution >= 0.6 is 0 Å². The summed E-state index contributed by atoms with van der Waals surface area (Å²) in [6, 6.07) is 35.2. The number of carbonyl (C=O) groups is 2. The quantitative estimate of drug-likeness (QED) is 0.0692. The van der Waals surface area contributed by atoms with E-state index < -0.39 is 29.4 Å². The number of carbonyl (C=O) groups excluding carboxylic acids is 2. The molecule has 1 amide bonds. The number of phenolic OH excluding ortho intramolecular Hbond substituents is 1. The van der Waals surface area contributed by atoms with Crippen molar-refractivity contribution in [2.75, 3.05) is 46.4 Å². The molecule has 336 valence electrons. The summed E-state index contributed by atoms with van der Waals surface area (Å²) in [5.74, 6) is -2.06. The van der Waals surface area contributed by atoms with E-state index in [9.17, 15) is 29.7 Å². The van der Waals surface area contributed by atoms with Crippen molar-refractivity contribution in [3.8, 4) is 11.5 Å². The number of aromatic amines is 1. The molecule has 5 aromatic carbocycles. The molecule has 0 aliphatic carbocycles. The number of esters is 1. The Morgan fingerprint density at radius 1 is 0.908 bits per heavy atom. The highest BCUT2D eigenvalue weighted by Crippen LogP contribution is 2.36. The van der Waals surface area contributed by atoms with Gasteiger partial charge in [-0.2, -0.15) is 0 Å². The van der Waals surface area contributed by atoms with Gasteiger partial charge in [-0.3, -0.25) is 14.5 Å². The number of aromatic hydroxyl groups is 1. The summed E-state index contributed by atoms with van der Waals surface area (Å²) in [5.41, 5.74) is 2.28. The number of aromatic nitrogens is 1. The van der Waals surface area contributed by atoms with Gasteiger partial charge in [-0.05, 0) is 90.4 Å². The molecule has 3 heterocycles. The summed E-state index contributed by atoms with van der Waals surface area (Å²) in [6.45, 7) is 3.56. The van der Waals surface area contributed by atoms with Gasteiger partial charge in [-0.15, -0.1) is 0 Å². The predicted molar refractivity (Wildman–Crippen MR) is 246 cm³/mol. The molecule has 8 rings (SSSR count). The van der Waals surface area contributed by atoms with Gasteiger partial charge in [0.2, 0.25) is 11.2 Å². The first-order valence-electron chi connectivity index (χ1n) is 21.9. The maximum atomic E-state index is 16.0. The van der Waals surface area contributed by atoms with Crippen molar-refractivity contribution in [2.24, 2.45) is 5.92 Å². The SMILES string of the molecule is COc1c(CNCC(O)c2ccc(O)c3[nH]c(=O)ccc23)ccc(C(=O)N2CC=C(c3cccc(C(O)(C(=O)OCC4CCN(Cc5ccccc5)CC4)c4ccccc4)c3)CC2)c1F. The van der Waals surface area contributed by atoms with Crippen LogP contribution in [0.3, 0.4) is 0 Å². The van der Waals surface area contributed by atoms with Gasteiger partial charge in [-0.1, -0.05) is 97.1 Å². The molecule has 2 atom stereocenters. The first-order chi connectivity index (χ1) is 31.5. The van der Waals surface area contributed by atoms with Gasteiger partial charge in [0, 0.05) is 55.3 Å². The number of hydrogen-bond donors (Lipinski definition) is 5. The first-order valence-corrected chi connectivity index (χ1v) is 21.9. The summed E-state index contributed by atoms with van der Waals surface area (Å²) in [7, 11) is 1.33. The topological polar surface area (TPSA) is 165 Å². The third-order valence-corrected chi connectivity index (χ3v) is 12.6. The Morgan fingerprint density at radius 3 is 2.37 bits per heavy atom. The zero-order chi connectivity index (χ0) is 45.5. The Hall–Kier alpha value is -6.64. The van der Waals surface area contributed by atoms with Crippen molar-refractivity contribution in [1.82, 2.24) is 20.1 Å². The fourth-order valence-corrected chi connectivity index (χ4v) is 8.89. The van der Waals surface area contributed by atoms with Gasteiger partial charge in [0.05, 0.1) is 30.9 Å². The van der Waals surface area contributed by atoms with Gasteiger partial charge in [-0.25, -0.2) is 9.18 Å². The van der Waals surface area contributed by atoms with Crippen molar-refractivity contribution in [2.45, 2.75) is 44.1 Å². The van der Waals surface area contributed by atoms with Crippen LogP contribution in [0.15, 0.2) is 132 Å². The lowest BCUT2D eigenvalue weighted by Crippen LogP contribution is -2.40. The minimum absolute atomic E-state index is 0.0567. The number of hydrogen-bond acceptors (Lipinski definition) is 10. The smallest absolute Gasteiger partial charge is 0.347 e. The van der Waals surface area contributed by atoms with Crippen LogP contribution in [-0.4, -0.2) is 88.4 Å². The van der Waals surface area contributed by atoms with E-state index in [4.69, 9.17) is 9.47 Å². The minimum Gasteiger partial charge on any atom is -0.506 e. The highest BCUT2D eigenvalue weighted by atomic mass is 19.1. The zero-order valence-corrected chi connectivity index (χ0v) is 36.2. The molecule has 2 unspecified atom stereocenters. The highest BCUT2D eigenvalue weighted by Gasteiger charge is 2.42. The van der Waals surface area contributed by atoms with Crippen LogP contribution in [-0.2, 0) is 28.2 Å². The van der Waals surface area contributed by atoms with Gasteiger partial charge in [0.25, 0.3) is 5.91 Å². The van der Waals surface area contributed by atoms with Crippen LogP contribution < -0.4 is 15.6 Å². The first kappa shape index (κ1) is 44.9. The van der Waals surface area contributed by atoms with E-state index >= 15 is 4.39 Å². The second kappa shape index (κ2) is 20.0. The van der Waals surface area contributed by atoms with Crippen molar-refractivity contribution >= 4 is 28.4 Å². The number of fused-ring (bicyclic) bond motifs is 1. The molecule has 12 nitrogen and oxygen atoms in total. The number of phenols is 1. The van der Waals surface area contributed by atoms with E-state index in [-0.39, 0.29) is 60.3 Å². The Kier molecular flexibility index (Phi) is 13.9. The number of likely N-dealkylation sites (tertiary alicyclic amines) is 1. The van der Waals surface area contributed by atoms with Crippen LogP contribution in [0.1, 0.15) is 69.1 Å². The minimum atomic E-state index is -2.06. The van der Waals surface area contributed by atoms with Gasteiger partial charge in [0.1, 0.15) is 5.75 Å². The molecule has 2 aliphatic rings. The van der Waals surface area contributed by atoms with Crippen molar-refractivity contribution in [3.05, 3.63) is 183 Å². The van der Waals surface area contributed by atoms with Gasteiger partial charge < -0.3 is 40.0 Å². The summed E-state index contributed by atoms with van der Waals surface area (Å²) < 4.78 is 27.4. The maximum absolute atomic E-state index is 16.0. The Labute approximate surface area is 376 Å². The predicted octanol–water partition coefficient (Wildman–Crippen LogP) is 6.83. The lowest BCUT2D eigenvalue weighted by molar-refractivity contribution is -0.164. The number of ether oxygens (including phenoxy) is 2. The molecular formula is C52H53FN4O8. The largest absolute Gasteiger partial charge is 0.506 e. The number of benzene rings is 5. The number of amides is 1. The van der Waals surface area contributed by atoms with Crippen LogP contribution in [0.2, 0.25) is 0 Å². The van der Waals surface area contributed by atoms with Gasteiger partial charge >= 0.3 is 5.97 Å². The molecule has 1 saturated heterocycles. The van der Waals surface area contributed by atoms with E-state index in [2.05, 4.69) is 27.3 Å². The maximum Gasteiger partial charge on any atom is 0.347 e. The molecule has 2 aliphatic heterocycles. The fraction of sp³-hybridized carbons (Fsp3) is 0.288. The van der Waals surface area contributed by atoms with E-state index in [1.807, 2.05) is 36.4 Å². The molecule has 5 N–H and O–H groups in total. The summed E-state index contributed by atoms with van der Waals surface area (Å²) in [6.07, 6.45) is 3.09. The third-order valence-electron chi connectivity index (χ3n) is 12.6. The summed E-state index contributed by atoms with van der Waals surface area (Å²) >= 11 is 0. The van der Waals surface area contributed by atoms with Crippen LogP contribution in [0, 0.1) is 11.7 Å². The average molecular weight is 881 g/mol. The molecule has 1 aromatic heterocycles. The number of H-pyrrole nitrogens is 1. The van der Waals surface area contributed by atoms with E-state index in [1.165, 1.54) is 36.9 Å². The molecule has 0 saturated carbocycles. The number of nitrogens with one attached hydrogen (secondary N) is 2. The highest BCUT2D eigenvalue weighted by molar-refractivity contribution is 5.96. The monoisotopic (exact) mass is 880 g/mol. The van der Waals surface area contributed by atoms with E-state index in [0.29, 0.717) is 40.6 Å². The van der Waals surface area contributed by atoms with Gasteiger partial charge in [0.15, 0.2) is 11.6 Å². The number of aliphatic hydroxyl groups is 2. The number of halogens is 1. The summed E-state index contributed by atoms with van der Waals surface area (Å²) in [4.78, 5) is 46.1. The summed E-state index contributed by atoms with van der Waals surface area (Å²) in [5, 5.41) is 37.1. The van der Waals surface area contributed by atoms with E-state index in [0.717, 1.165) is 43.6 Å². The van der Waals surface area contributed by atoms with E-state index in [1.54, 1.807) is 59.5 Å². The number of methoxy groups -OCH3 is 1. The Balaban J connectivity index is 0.904. The van der Waals surface area contributed by atoms with Crippen LogP contribution in [0.25, 0.3) is 16.5 Å². The molecule has 6 aromatic rings. The van der Waals surface area contributed by atoms with Crippen LogP contribution in [0.5, 0.6) is 11.5 Å². The number of nitrogens with zero attached hydrogens (tertiary/aromatic N) is 2. The second-order valence-electron chi connectivity index (χ2n) is 16.7. The lowest BCUT2D eigenvalue weighted by atomic mass is 9.84. The molecule has 65 heavy (non-hydrogen) atoms. The average Bonchev–Trinajstić information content (AvgIpc) is 3.34. The normalized spacial score (nSPS) is 16.1. The lowest BCUT2D eigenvalue weighted by Gasteiger charge is -2.33. The fourth-order valence-electron chi connectivity index (χ4n) is 8.89. The van der Waals surface area contributed by atoms with Crippen molar-refractivity contribution in [3.63, 3.8) is 0 Å². The molecule has 0 radical (unpaired) electrons. The second-order valence-corrected chi connectivity index (χ2v) is 16.7. The number of pyridine rings is 1.